The summed E-state index contributed by atoms with van der Waals surface area (Å²) in [5, 5.41) is 5.91. The van der Waals surface area contributed by atoms with Crippen molar-refractivity contribution >= 4 is 17.5 Å². The van der Waals surface area contributed by atoms with Gasteiger partial charge in [-0.2, -0.15) is 0 Å². The summed E-state index contributed by atoms with van der Waals surface area (Å²) in [4.78, 5) is 26.5. The molecular formula is C18H27N3O2. The van der Waals surface area contributed by atoms with Crippen molar-refractivity contribution in [2.45, 2.75) is 45.7 Å². The highest BCUT2D eigenvalue weighted by Crippen LogP contribution is 2.21. The summed E-state index contributed by atoms with van der Waals surface area (Å²) in [6.45, 7) is 7.41. The Balaban J connectivity index is 1.81. The van der Waals surface area contributed by atoms with Crippen LogP contribution in [0.25, 0.3) is 0 Å². The lowest BCUT2D eigenvalue weighted by atomic mass is 9.94. The van der Waals surface area contributed by atoms with Crippen LogP contribution in [0.2, 0.25) is 0 Å². The molecule has 2 rings (SSSR count). The number of hydrogen-bond donors (Lipinski definition) is 2. The summed E-state index contributed by atoms with van der Waals surface area (Å²) < 4.78 is 0. The molecule has 2 amide bonds. The van der Waals surface area contributed by atoms with Crippen molar-refractivity contribution in [1.82, 2.24) is 10.2 Å². The Morgan fingerprint density at radius 1 is 1.09 bits per heavy atom. The van der Waals surface area contributed by atoms with E-state index in [4.69, 9.17) is 0 Å². The maximum Gasteiger partial charge on any atom is 0.237 e. The molecule has 1 aromatic carbocycles. The van der Waals surface area contributed by atoms with Crippen LogP contribution >= 0.6 is 0 Å². The summed E-state index contributed by atoms with van der Waals surface area (Å²) in [5.74, 6) is 0.161. The lowest BCUT2D eigenvalue weighted by Gasteiger charge is -2.35. The van der Waals surface area contributed by atoms with Gasteiger partial charge in [-0.25, -0.2) is 0 Å². The number of piperidine rings is 1. The van der Waals surface area contributed by atoms with Crippen molar-refractivity contribution in [1.29, 1.82) is 0 Å². The van der Waals surface area contributed by atoms with Gasteiger partial charge in [0.25, 0.3) is 0 Å². The molecule has 1 atom stereocenters. The van der Waals surface area contributed by atoms with Gasteiger partial charge in [0.2, 0.25) is 11.8 Å². The van der Waals surface area contributed by atoms with E-state index in [1.165, 1.54) is 0 Å². The van der Waals surface area contributed by atoms with Crippen molar-refractivity contribution in [3.63, 3.8) is 0 Å². The Bertz CT molecular complexity index is 522. The molecule has 1 saturated heterocycles. The first-order valence-electron chi connectivity index (χ1n) is 8.37. The third kappa shape index (κ3) is 5.06. The summed E-state index contributed by atoms with van der Waals surface area (Å²) in [5.41, 5.74) is 0.838. The molecule has 1 aliphatic heterocycles. The van der Waals surface area contributed by atoms with Crippen LogP contribution in [0, 0.1) is 5.92 Å². The first-order valence-corrected chi connectivity index (χ1v) is 8.37. The van der Waals surface area contributed by atoms with Gasteiger partial charge in [0.15, 0.2) is 0 Å². The summed E-state index contributed by atoms with van der Waals surface area (Å²) >= 11 is 0. The maximum absolute atomic E-state index is 12.3. The van der Waals surface area contributed by atoms with E-state index in [-0.39, 0.29) is 29.8 Å². The van der Waals surface area contributed by atoms with E-state index in [2.05, 4.69) is 15.5 Å². The molecule has 0 aromatic heterocycles. The Morgan fingerprint density at radius 2 is 1.70 bits per heavy atom. The van der Waals surface area contributed by atoms with Gasteiger partial charge in [0.05, 0.1) is 6.04 Å². The lowest BCUT2D eigenvalue weighted by molar-refractivity contribution is -0.127. The molecule has 23 heavy (non-hydrogen) atoms. The monoisotopic (exact) mass is 317 g/mol. The molecule has 1 heterocycles. The number of nitrogens with one attached hydrogen (secondary N) is 2. The van der Waals surface area contributed by atoms with Crippen molar-refractivity contribution < 1.29 is 9.59 Å². The van der Waals surface area contributed by atoms with Crippen molar-refractivity contribution in [2.75, 3.05) is 18.4 Å². The minimum absolute atomic E-state index is 0.0202. The quantitative estimate of drug-likeness (QED) is 0.875. The van der Waals surface area contributed by atoms with Gasteiger partial charge in [-0.3, -0.25) is 14.5 Å². The summed E-state index contributed by atoms with van der Waals surface area (Å²) in [6, 6.07) is 9.55. The number of carbonyl (C=O) groups excluding carboxylic acids is 2. The normalized spacial score (nSPS) is 17.7. The number of anilines is 1. The molecule has 0 aliphatic carbocycles. The third-order valence-corrected chi connectivity index (χ3v) is 4.30. The average molecular weight is 317 g/mol. The zero-order valence-electron chi connectivity index (χ0n) is 14.2. The topological polar surface area (TPSA) is 61.4 Å². The van der Waals surface area contributed by atoms with Crippen molar-refractivity contribution in [3.8, 4) is 0 Å². The SMILES string of the molecule is CC(C)NC(=O)[C@@H](C)N1CCC(C(=O)Nc2ccccc2)CC1. The smallest absolute Gasteiger partial charge is 0.237 e. The second-order valence-electron chi connectivity index (χ2n) is 6.50. The van der Waals surface area contributed by atoms with E-state index in [1.54, 1.807) is 0 Å². The Kier molecular flexibility index (Phi) is 6.16. The fourth-order valence-electron chi connectivity index (χ4n) is 2.89. The highest BCUT2D eigenvalue weighted by atomic mass is 16.2. The number of hydrogen-bond acceptors (Lipinski definition) is 3. The summed E-state index contributed by atoms with van der Waals surface area (Å²) in [6.07, 6.45) is 1.58. The van der Waals surface area contributed by atoms with Gasteiger partial charge >= 0.3 is 0 Å². The second kappa shape index (κ2) is 8.11. The fraction of sp³-hybridized carbons (Fsp3) is 0.556. The molecule has 2 N–H and O–H groups in total. The van der Waals surface area contributed by atoms with E-state index in [0.29, 0.717) is 0 Å². The maximum atomic E-state index is 12.3. The van der Waals surface area contributed by atoms with Gasteiger partial charge in [-0.15, -0.1) is 0 Å². The number of nitrogens with zero attached hydrogens (tertiary/aromatic N) is 1. The van der Waals surface area contributed by atoms with Crippen LogP contribution in [0.15, 0.2) is 30.3 Å². The van der Waals surface area contributed by atoms with Gasteiger partial charge in [-0.1, -0.05) is 18.2 Å². The van der Waals surface area contributed by atoms with E-state index in [0.717, 1.165) is 31.6 Å². The number of rotatable bonds is 5. The molecule has 0 saturated carbocycles. The highest BCUT2D eigenvalue weighted by Gasteiger charge is 2.29. The predicted octanol–water partition coefficient (Wildman–Crippen LogP) is 2.25. The van der Waals surface area contributed by atoms with Gasteiger partial charge in [0, 0.05) is 17.6 Å². The number of carbonyl (C=O) groups is 2. The Hall–Kier alpha value is -1.88. The number of likely N-dealkylation sites (tertiary alicyclic amines) is 1. The van der Waals surface area contributed by atoms with Crippen LogP contribution in [-0.4, -0.2) is 41.9 Å². The van der Waals surface area contributed by atoms with E-state index in [9.17, 15) is 9.59 Å². The number of amides is 2. The molecule has 0 bridgehead atoms. The first-order chi connectivity index (χ1) is 11.0. The second-order valence-corrected chi connectivity index (χ2v) is 6.50. The van der Waals surface area contributed by atoms with Crippen LogP contribution in [-0.2, 0) is 9.59 Å². The van der Waals surface area contributed by atoms with Crippen LogP contribution < -0.4 is 10.6 Å². The molecule has 1 aromatic rings. The molecule has 0 spiro atoms. The molecular weight excluding hydrogens is 290 g/mol. The van der Waals surface area contributed by atoms with E-state index >= 15 is 0 Å². The molecule has 5 nitrogen and oxygen atoms in total. The number of para-hydroxylation sites is 1. The minimum Gasteiger partial charge on any atom is -0.353 e. The van der Waals surface area contributed by atoms with Crippen molar-refractivity contribution in [3.05, 3.63) is 30.3 Å². The van der Waals surface area contributed by atoms with Crippen LogP contribution in [0.1, 0.15) is 33.6 Å². The van der Waals surface area contributed by atoms with Gasteiger partial charge < -0.3 is 10.6 Å². The average Bonchev–Trinajstić information content (AvgIpc) is 2.54. The molecule has 0 radical (unpaired) electrons. The highest BCUT2D eigenvalue weighted by molar-refractivity contribution is 5.92. The van der Waals surface area contributed by atoms with E-state index in [1.807, 2.05) is 51.1 Å². The van der Waals surface area contributed by atoms with Crippen LogP contribution in [0.5, 0.6) is 0 Å². The standard InChI is InChI=1S/C18H27N3O2/c1-13(2)19-17(22)14(3)21-11-9-15(10-12-21)18(23)20-16-7-5-4-6-8-16/h4-8,13-15H,9-12H2,1-3H3,(H,19,22)(H,20,23)/t14-/m1/s1. The largest absolute Gasteiger partial charge is 0.353 e. The summed E-state index contributed by atoms with van der Waals surface area (Å²) in [7, 11) is 0. The van der Waals surface area contributed by atoms with Crippen LogP contribution in [0.3, 0.4) is 0 Å². The molecule has 5 heteroatoms. The third-order valence-electron chi connectivity index (χ3n) is 4.30. The molecule has 126 valence electrons. The predicted molar refractivity (Wildman–Crippen MR) is 92.1 cm³/mol. The zero-order chi connectivity index (χ0) is 16.8. The molecule has 1 aliphatic rings. The zero-order valence-corrected chi connectivity index (χ0v) is 14.2. The minimum atomic E-state index is -0.143. The van der Waals surface area contributed by atoms with Gasteiger partial charge in [0.1, 0.15) is 0 Å². The first kappa shape index (κ1) is 17.5. The van der Waals surface area contributed by atoms with Crippen molar-refractivity contribution in [2.24, 2.45) is 5.92 Å². The number of benzene rings is 1. The Labute approximate surface area is 138 Å². The Morgan fingerprint density at radius 3 is 2.26 bits per heavy atom. The molecule has 1 fully saturated rings. The van der Waals surface area contributed by atoms with Crippen LogP contribution in [0.4, 0.5) is 5.69 Å². The van der Waals surface area contributed by atoms with E-state index < -0.39 is 0 Å². The lowest BCUT2D eigenvalue weighted by Crippen LogP contribution is -2.50. The molecule has 0 unspecified atom stereocenters. The van der Waals surface area contributed by atoms with Gasteiger partial charge in [-0.05, 0) is 58.8 Å². The fourth-order valence-corrected chi connectivity index (χ4v) is 2.89.